The van der Waals surface area contributed by atoms with Crippen molar-refractivity contribution in [3.8, 4) is 0 Å². The molecule has 2 aromatic heterocycles. The van der Waals surface area contributed by atoms with Crippen molar-refractivity contribution in [2.45, 2.75) is 19.5 Å². The molecule has 2 N–H and O–H groups in total. The second-order valence-corrected chi connectivity index (χ2v) is 4.89. The lowest BCUT2D eigenvalue weighted by Gasteiger charge is -2.12. The number of aromatic nitrogens is 3. The van der Waals surface area contributed by atoms with Crippen LogP contribution in [0.25, 0.3) is 10.9 Å². The normalized spacial score (nSPS) is 12.4. The van der Waals surface area contributed by atoms with Crippen LogP contribution < -0.4 is 10.9 Å². The van der Waals surface area contributed by atoms with E-state index in [1.165, 1.54) is 0 Å². The molecule has 0 amide bonds. The van der Waals surface area contributed by atoms with Crippen molar-refractivity contribution in [1.29, 1.82) is 0 Å². The number of pyridine rings is 1. The third-order valence-electron chi connectivity index (χ3n) is 3.37. The van der Waals surface area contributed by atoms with Crippen LogP contribution in [0.5, 0.6) is 0 Å². The van der Waals surface area contributed by atoms with Gasteiger partial charge in [-0.25, -0.2) is 4.98 Å². The number of aromatic amines is 1. The quantitative estimate of drug-likeness (QED) is 0.768. The summed E-state index contributed by atoms with van der Waals surface area (Å²) in [6.45, 7) is 2.51. The summed E-state index contributed by atoms with van der Waals surface area (Å²) in [5.41, 5.74) is 1.56. The van der Waals surface area contributed by atoms with Gasteiger partial charge in [-0.15, -0.1) is 0 Å². The molecule has 0 fully saturated rings. The highest BCUT2D eigenvalue weighted by molar-refractivity contribution is 5.77. The van der Waals surface area contributed by atoms with Gasteiger partial charge in [-0.3, -0.25) is 9.78 Å². The highest BCUT2D eigenvalue weighted by Gasteiger charge is 2.07. The van der Waals surface area contributed by atoms with Crippen molar-refractivity contribution >= 4 is 10.9 Å². The number of fused-ring (bicyclic) bond motifs is 1. The van der Waals surface area contributed by atoms with Gasteiger partial charge < -0.3 is 10.3 Å². The minimum Gasteiger partial charge on any atom is -0.309 e. The van der Waals surface area contributed by atoms with Crippen LogP contribution in [-0.2, 0) is 6.54 Å². The summed E-state index contributed by atoms with van der Waals surface area (Å²) >= 11 is 0. The topological polar surface area (TPSA) is 70.7 Å². The second kappa shape index (κ2) is 5.85. The first kappa shape index (κ1) is 13.5. The first-order chi connectivity index (χ1) is 10.2. The van der Waals surface area contributed by atoms with E-state index >= 15 is 0 Å². The summed E-state index contributed by atoms with van der Waals surface area (Å²) < 4.78 is 0. The van der Waals surface area contributed by atoms with Crippen LogP contribution >= 0.6 is 0 Å². The predicted octanol–water partition coefficient (Wildman–Crippen LogP) is 2.17. The van der Waals surface area contributed by atoms with Crippen LogP contribution in [0, 0.1) is 0 Å². The summed E-state index contributed by atoms with van der Waals surface area (Å²) in [6, 6.07) is 13.2. The fraction of sp³-hybridized carbons (Fsp3) is 0.188. The minimum atomic E-state index is -0.108. The number of nitrogens with one attached hydrogen (secondary N) is 2. The molecule has 2 heterocycles. The van der Waals surface area contributed by atoms with Crippen molar-refractivity contribution in [3.63, 3.8) is 0 Å². The zero-order valence-corrected chi connectivity index (χ0v) is 11.7. The van der Waals surface area contributed by atoms with Crippen LogP contribution in [0.3, 0.4) is 0 Å². The number of rotatable bonds is 4. The van der Waals surface area contributed by atoms with Crippen LogP contribution in [0.2, 0.25) is 0 Å². The molecule has 1 aromatic carbocycles. The maximum Gasteiger partial charge on any atom is 0.258 e. The molecule has 0 aliphatic heterocycles. The molecule has 0 spiro atoms. The third kappa shape index (κ3) is 2.98. The van der Waals surface area contributed by atoms with Gasteiger partial charge in [0.1, 0.15) is 5.82 Å². The van der Waals surface area contributed by atoms with E-state index in [0.29, 0.717) is 23.3 Å². The van der Waals surface area contributed by atoms with Crippen LogP contribution in [0.4, 0.5) is 0 Å². The van der Waals surface area contributed by atoms with Gasteiger partial charge in [0.05, 0.1) is 23.1 Å². The Kier molecular flexibility index (Phi) is 3.75. The van der Waals surface area contributed by atoms with Crippen molar-refractivity contribution in [1.82, 2.24) is 20.3 Å². The van der Waals surface area contributed by atoms with E-state index in [9.17, 15) is 4.79 Å². The molecular formula is C16H16N4O. The van der Waals surface area contributed by atoms with Crippen LogP contribution in [0.15, 0.2) is 53.5 Å². The number of H-pyrrole nitrogens is 1. The van der Waals surface area contributed by atoms with Gasteiger partial charge in [-0.1, -0.05) is 18.2 Å². The van der Waals surface area contributed by atoms with Gasteiger partial charge in [0.25, 0.3) is 5.56 Å². The van der Waals surface area contributed by atoms with E-state index in [4.69, 9.17) is 0 Å². The Morgan fingerprint density at radius 1 is 1.19 bits per heavy atom. The zero-order valence-electron chi connectivity index (χ0n) is 11.7. The smallest absolute Gasteiger partial charge is 0.258 e. The van der Waals surface area contributed by atoms with Crippen molar-refractivity contribution < 1.29 is 0 Å². The van der Waals surface area contributed by atoms with E-state index in [2.05, 4.69) is 20.3 Å². The van der Waals surface area contributed by atoms with Crippen LogP contribution in [-0.4, -0.2) is 15.0 Å². The summed E-state index contributed by atoms with van der Waals surface area (Å²) in [5.74, 6) is 0.626. The average molecular weight is 280 g/mol. The number of hydrogen-bond acceptors (Lipinski definition) is 4. The molecule has 0 radical (unpaired) electrons. The standard InChI is InChI=1S/C16H16N4O/c1-11(13-7-4-5-9-17-13)18-10-15-19-14-8-3-2-6-12(14)16(21)20-15/h2-9,11,18H,10H2,1H3,(H,19,20,21)/t11-/m0/s1. The van der Waals surface area contributed by atoms with E-state index in [1.807, 2.05) is 43.3 Å². The predicted molar refractivity (Wildman–Crippen MR) is 81.9 cm³/mol. The van der Waals surface area contributed by atoms with Gasteiger partial charge in [0.2, 0.25) is 0 Å². The lowest BCUT2D eigenvalue weighted by atomic mass is 10.2. The Labute approximate surface area is 122 Å². The van der Waals surface area contributed by atoms with Crippen molar-refractivity contribution in [3.05, 3.63) is 70.5 Å². The molecule has 0 saturated carbocycles. The summed E-state index contributed by atoms with van der Waals surface area (Å²) in [7, 11) is 0. The average Bonchev–Trinajstić information content (AvgIpc) is 2.53. The SMILES string of the molecule is C[C@H](NCc1nc2ccccc2c(=O)[nH]1)c1ccccn1. The first-order valence-electron chi connectivity index (χ1n) is 6.86. The highest BCUT2D eigenvalue weighted by Crippen LogP contribution is 2.09. The monoisotopic (exact) mass is 280 g/mol. The third-order valence-corrected chi connectivity index (χ3v) is 3.37. The maximum atomic E-state index is 12.0. The Hall–Kier alpha value is -2.53. The molecule has 21 heavy (non-hydrogen) atoms. The van der Waals surface area contributed by atoms with Gasteiger partial charge >= 0.3 is 0 Å². The molecule has 1 atom stereocenters. The van der Waals surface area contributed by atoms with Crippen LogP contribution in [0.1, 0.15) is 24.5 Å². The lowest BCUT2D eigenvalue weighted by molar-refractivity contribution is 0.548. The zero-order chi connectivity index (χ0) is 14.7. The molecule has 0 aliphatic carbocycles. The second-order valence-electron chi connectivity index (χ2n) is 4.89. The number of benzene rings is 1. The largest absolute Gasteiger partial charge is 0.309 e. The van der Waals surface area contributed by atoms with Gasteiger partial charge in [-0.2, -0.15) is 0 Å². The van der Waals surface area contributed by atoms with E-state index < -0.39 is 0 Å². The molecule has 106 valence electrons. The molecule has 0 unspecified atom stereocenters. The summed E-state index contributed by atoms with van der Waals surface area (Å²) in [5, 5.41) is 3.92. The number of hydrogen-bond donors (Lipinski definition) is 2. The van der Waals surface area contributed by atoms with Gasteiger partial charge in [0.15, 0.2) is 0 Å². The number of nitrogens with zero attached hydrogens (tertiary/aromatic N) is 2. The molecule has 5 heteroatoms. The Bertz CT molecular complexity index is 798. The maximum absolute atomic E-state index is 12.0. The molecule has 3 rings (SSSR count). The molecule has 0 aliphatic rings. The minimum absolute atomic E-state index is 0.0861. The fourth-order valence-corrected chi connectivity index (χ4v) is 2.21. The van der Waals surface area contributed by atoms with E-state index in [1.54, 1.807) is 12.3 Å². The fourth-order valence-electron chi connectivity index (χ4n) is 2.21. The van der Waals surface area contributed by atoms with E-state index in [0.717, 1.165) is 5.69 Å². The molecule has 0 saturated heterocycles. The van der Waals surface area contributed by atoms with Gasteiger partial charge in [-0.05, 0) is 31.2 Å². The Balaban J connectivity index is 1.78. The lowest BCUT2D eigenvalue weighted by Crippen LogP contribution is -2.22. The van der Waals surface area contributed by atoms with Crippen molar-refractivity contribution in [2.24, 2.45) is 0 Å². The van der Waals surface area contributed by atoms with E-state index in [-0.39, 0.29) is 11.6 Å². The molecule has 3 aromatic rings. The molecular weight excluding hydrogens is 264 g/mol. The summed E-state index contributed by atoms with van der Waals surface area (Å²) in [6.07, 6.45) is 1.77. The summed E-state index contributed by atoms with van der Waals surface area (Å²) in [4.78, 5) is 23.6. The Morgan fingerprint density at radius 3 is 2.81 bits per heavy atom. The first-order valence-corrected chi connectivity index (χ1v) is 6.86. The Morgan fingerprint density at radius 2 is 2.00 bits per heavy atom. The highest BCUT2D eigenvalue weighted by atomic mass is 16.1. The molecule has 5 nitrogen and oxygen atoms in total. The van der Waals surface area contributed by atoms with Gasteiger partial charge in [0, 0.05) is 12.2 Å². The molecule has 0 bridgehead atoms. The van der Waals surface area contributed by atoms with Crippen molar-refractivity contribution in [2.75, 3.05) is 0 Å². The number of para-hydroxylation sites is 1.